The van der Waals surface area contributed by atoms with Crippen LogP contribution in [0.25, 0.3) is 6.08 Å². The zero-order valence-corrected chi connectivity index (χ0v) is 10.4. The van der Waals surface area contributed by atoms with Gasteiger partial charge >= 0.3 is 0 Å². The molecule has 0 saturated carbocycles. The van der Waals surface area contributed by atoms with Crippen molar-refractivity contribution in [2.24, 2.45) is 0 Å². The van der Waals surface area contributed by atoms with Gasteiger partial charge in [-0.05, 0) is 12.1 Å². The Balaban J connectivity index is 3.17. The molecule has 0 bridgehead atoms. The second-order valence-electron chi connectivity index (χ2n) is 2.31. The first-order valence-electron chi connectivity index (χ1n) is 3.53. The van der Waals surface area contributed by atoms with E-state index in [-0.39, 0.29) is 0 Å². The smallest absolute Gasteiger partial charge is 0.0679 e. The maximum atomic E-state index is 5.95. The summed E-state index contributed by atoms with van der Waals surface area (Å²) in [4.78, 5) is 0. The Hall–Kier alpha value is 0.310. The van der Waals surface area contributed by atoms with Crippen LogP contribution in [0.2, 0.25) is 15.1 Å². The van der Waals surface area contributed by atoms with Crippen molar-refractivity contribution in [3.63, 3.8) is 0 Å². The molecule has 0 unspecified atom stereocenters. The Kier molecular flexibility index (Phi) is 4.60. The molecule has 0 nitrogen and oxygen atoms in total. The maximum Gasteiger partial charge on any atom is 0.0679 e. The number of rotatable bonds is 2. The molecule has 1 rings (SSSR count). The van der Waals surface area contributed by atoms with Gasteiger partial charge < -0.3 is 0 Å². The van der Waals surface area contributed by atoms with E-state index in [1.54, 1.807) is 12.1 Å². The molecule has 0 aliphatic carbocycles. The van der Waals surface area contributed by atoms with E-state index in [9.17, 15) is 0 Å². The molecule has 0 fully saturated rings. The Bertz CT molecular complexity index is 334. The molecule has 0 saturated heterocycles. The zero-order valence-electron chi connectivity index (χ0n) is 6.53. The summed E-state index contributed by atoms with van der Waals surface area (Å²) in [5.41, 5.74) is 0.760. The number of halogens is 4. The van der Waals surface area contributed by atoms with E-state index >= 15 is 0 Å². The quantitative estimate of drug-likeness (QED) is 0.529. The Labute approximate surface area is 101 Å². The number of hydrogen-bond acceptors (Lipinski definition) is 0. The van der Waals surface area contributed by atoms with Crippen molar-refractivity contribution in [2.45, 2.75) is 0 Å². The van der Waals surface area contributed by atoms with Crippen molar-refractivity contribution in [1.29, 1.82) is 0 Å². The van der Waals surface area contributed by atoms with Gasteiger partial charge in [0.25, 0.3) is 0 Å². The van der Waals surface area contributed by atoms with E-state index in [4.69, 9.17) is 34.8 Å². The average molecular weight is 300 g/mol. The number of allylic oxidation sites excluding steroid dienone is 1. The van der Waals surface area contributed by atoms with Gasteiger partial charge in [0.15, 0.2) is 0 Å². The maximum absolute atomic E-state index is 5.95. The molecule has 0 spiro atoms. The molecule has 1 aromatic carbocycles. The second kappa shape index (κ2) is 5.26. The molecular weight excluding hydrogens is 294 g/mol. The Morgan fingerprint density at radius 1 is 1.15 bits per heavy atom. The van der Waals surface area contributed by atoms with Gasteiger partial charge in [0.1, 0.15) is 0 Å². The summed E-state index contributed by atoms with van der Waals surface area (Å²) >= 11 is 21.0. The molecule has 0 aliphatic heterocycles. The minimum Gasteiger partial charge on any atom is -0.0883 e. The highest BCUT2D eigenvalue weighted by atomic mass is 79.9. The van der Waals surface area contributed by atoms with E-state index in [0.29, 0.717) is 15.1 Å². The zero-order chi connectivity index (χ0) is 9.84. The van der Waals surface area contributed by atoms with Gasteiger partial charge in [-0.1, -0.05) is 62.9 Å². The molecule has 1 aromatic rings. The lowest BCUT2D eigenvalue weighted by molar-refractivity contribution is 1.64. The third kappa shape index (κ3) is 2.88. The summed E-state index contributed by atoms with van der Waals surface area (Å²) in [7, 11) is 0. The van der Waals surface area contributed by atoms with Crippen LogP contribution in [0.5, 0.6) is 0 Å². The normalized spacial score (nSPS) is 11.1. The number of alkyl halides is 1. The largest absolute Gasteiger partial charge is 0.0883 e. The molecule has 0 radical (unpaired) electrons. The van der Waals surface area contributed by atoms with Gasteiger partial charge in [0, 0.05) is 15.9 Å². The summed E-state index contributed by atoms with van der Waals surface area (Å²) in [5, 5.41) is 2.37. The molecule has 0 amide bonds. The summed E-state index contributed by atoms with van der Waals surface area (Å²) in [6.45, 7) is 0. The van der Waals surface area contributed by atoms with Crippen LogP contribution in [0.4, 0.5) is 0 Å². The van der Waals surface area contributed by atoms with Crippen LogP contribution < -0.4 is 0 Å². The van der Waals surface area contributed by atoms with E-state index in [0.717, 1.165) is 10.9 Å². The van der Waals surface area contributed by atoms with Crippen LogP contribution >= 0.6 is 50.7 Å². The molecule has 0 atom stereocenters. The van der Waals surface area contributed by atoms with Crippen molar-refractivity contribution in [3.05, 3.63) is 38.8 Å². The average Bonchev–Trinajstić information content (AvgIpc) is 2.12. The number of benzene rings is 1. The predicted octanol–water partition coefficient (Wildman–Crippen LogP) is 5.05. The molecular formula is C9H6BrCl3. The summed E-state index contributed by atoms with van der Waals surface area (Å²) in [5.74, 6) is 0. The highest BCUT2D eigenvalue weighted by Gasteiger charge is 2.05. The Morgan fingerprint density at radius 3 is 2.38 bits per heavy atom. The first-order chi connectivity index (χ1) is 6.16. The van der Waals surface area contributed by atoms with Crippen molar-refractivity contribution < 1.29 is 0 Å². The first kappa shape index (κ1) is 11.4. The standard InChI is InChI=1S/C9H6BrCl3/c10-5-1-2-6-7(11)3-4-8(12)9(6)13/h1-4H,5H2/b2-1+. The summed E-state index contributed by atoms with van der Waals surface area (Å²) in [6, 6.07) is 3.40. The summed E-state index contributed by atoms with van der Waals surface area (Å²) < 4.78 is 0. The fourth-order valence-electron chi connectivity index (χ4n) is 0.858. The topological polar surface area (TPSA) is 0 Å². The fraction of sp³-hybridized carbons (Fsp3) is 0.111. The van der Waals surface area contributed by atoms with Crippen LogP contribution in [-0.2, 0) is 0 Å². The lowest BCUT2D eigenvalue weighted by Gasteiger charge is -2.02. The molecule has 70 valence electrons. The molecule has 0 aliphatic rings. The van der Waals surface area contributed by atoms with Crippen molar-refractivity contribution >= 4 is 56.8 Å². The Morgan fingerprint density at radius 2 is 1.77 bits per heavy atom. The second-order valence-corrected chi connectivity index (χ2v) is 4.15. The van der Waals surface area contributed by atoms with Gasteiger partial charge in [-0.15, -0.1) is 0 Å². The lowest BCUT2D eigenvalue weighted by atomic mass is 10.2. The van der Waals surface area contributed by atoms with Crippen LogP contribution in [0.15, 0.2) is 18.2 Å². The SMILES string of the molecule is Clc1ccc(Cl)c(/C=C/CBr)c1Cl. The van der Waals surface area contributed by atoms with E-state index in [1.165, 1.54) is 0 Å². The van der Waals surface area contributed by atoms with Crippen molar-refractivity contribution in [1.82, 2.24) is 0 Å². The highest BCUT2D eigenvalue weighted by Crippen LogP contribution is 2.32. The van der Waals surface area contributed by atoms with Gasteiger partial charge in [-0.2, -0.15) is 0 Å². The van der Waals surface area contributed by atoms with Crippen molar-refractivity contribution in [3.8, 4) is 0 Å². The van der Waals surface area contributed by atoms with Gasteiger partial charge in [0.2, 0.25) is 0 Å². The van der Waals surface area contributed by atoms with E-state index in [1.807, 2.05) is 12.2 Å². The predicted molar refractivity (Wildman–Crippen MR) is 64.3 cm³/mol. The fourth-order valence-corrected chi connectivity index (χ4v) is 1.71. The number of hydrogen-bond donors (Lipinski definition) is 0. The molecule has 0 N–H and O–H groups in total. The van der Waals surface area contributed by atoms with Crippen LogP contribution in [0, 0.1) is 0 Å². The van der Waals surface area contributed by atoms with E-state index in [2.05, 4.69) is 15.9 Å². The summed E-state index contributed by atoms with van der Waals surface area (Å²) in [6.07, 6.45) is 3.74. The minimum absolute atomic E-state index is 0.492. The van der Waals surface area contributed by atoms with Crippen LogP contribution in [0.3, 0.4) is 0 Å². The molecule has 13 heavy (non-hydrogen) atoms. The van der Waals surface area contributed by atoms with Gasteiger partial charge in [-0.3, -0.25) is 0 Å². The van der Waals surface area contributed by atoms with Gasteiger partial charge in [0.05, 0.1) is 10.0 Å². The van der Waals surface area contributed by atoms with Crippen LogP contribution in [-0.4, -0.2) is 5.33 Å². The molecule has 0 aromatic heterocycles. The third-order valence-corrected chi connectivity index (χ3v) is 2.98. The molecule has 0 heterocycles. The minimum atomic E-state index is 0.492. The highest BCUT2D eigenvalue weighted by molar-refractivity contribution is 9.09. The molecule has 4 heteroatoms. The van der Waals surface area contributed by atoms with E-state index < -0.39 is 0 Å². The van der Waals surface area contributed by atoms with Crippen molar-refractivity contribution in [2.75, 3.05) is 5.33 Å². The van der Waals surface area contributed by atoms with Gasteiger partial charge in [-0.25, -0.2) is 0 Å². The third-order valence-electron chi connectivity index (χ3n) is 1.45. The first-order valence-corrected chi connectivity index (χ1v) is 5.78. The van der Waals surface area contributed by atoms with Crippen LogP contribution in [0.1, 0.15) is 5.56 Å². The lowest BCUT2D eigenvalue weighted by Crippen LogP contribution is -1.79. The monoisotopic (exact) mass is 298 g/mol.